The van der Waals surface area contributed by atoms with Gasteiger partial charge in [-0.05, 0) is 66.7 Å². The number of imidazole rings is 1. The van der Waals surface area contributed by atoms with Gasteiger partial charge in [0.15, 0.2) is 0 Å². The fourth-order valence-electron chi connectivity index (χ4n) is 3.06. The minimum Gasteiger partial charge on any atom is -0.486 e. The molecule has 8 nitrogen and oxygen atoms in total. The number of aryl methyl sites for hydroxylation is 1. The van der Waals surface area contributed by atoms with E-state index in [-0.39, 0.29) is 16.1 Å². The van der Waals surface area contributed by atoms with E-state index >= 15 is 0 Å². The first-order valence-electron chi connectivity index (χ1n) is 10.2. The summed E-state index contributed by atoms with van der Waals surface area (Å²) in [5, 5.41) is 2.73. The summed E-state index contributed by atoms with van der Waals surface area (Å²) in [6.07, 6.45) is 3.52. The number of anilines is 2. The number of benzene rings is 3. The number of halogens is 1. The van der Waals surface area contributed by atoms with Crippen LogP contribution < -0.4 is 14.8 Å². The van der Waals surface area contributed by atoms with Gasteiger partial charge in [-0.1, -0.05) is 6.07 Å². The second-order valence-electron chi connectivity index (χ2n) is 7.36. The van der Waals surface area contributed by atoms with Gasteiger partial charge >= 0.3 is 0 Å². The van der Waals surface area contributed by atoms with E-state index in [1.54, 1.807) is 30.5 Å². The fourth-order valence-corrected chi connectivity index (χ4v) is 4.16. The summed E-state index contributed by atoms with van der Waals surface area (Å²) < 4.78 is 48.3. The second-order valence-corrected chi connectivity index (χ2v) is 9.04. The van der Waals surface area contributed by atoms with Gasteiger partial charge in [0.1, 0.15) is 24.0 Å². The third-order valence-electron chi connectivity index (χ3n) is 4.90. The summed E-state index contributed by atoms with van der Waals surface area (Å²) in [5.41, 5.74) is 0.894. The zero-order chi connectivity index (χ0) is 24.1. The lowest BCUT2D eigenvalue weighted by atomic mass is 10.2. The third-order valence-corrected chi connectivity index (χ3v) is 6.28. The molecular weight excluding hydrogens is 459 g/mol. The monoisotopic (exact) mass is 480 g/mol. The van der Waals surface area contributed by atoms with Crippen LogP contribution in [0.15, 0.2) is 90.1 Å². The van der Waals surface area contributed by atoms with Gasteiger partial charge < -0.3 is 14.6 Å². The van der Waals surface area contributed by atoms with Crippen LogP contribution in [0.3, 0.4) is 0 Å². The predicted octanol–water partition coefficient (Wildman–Crippen LogP) is 4.19. The summed E-state index contributed by atoms with van der Waals surface area (Å²) in [4.78, 5) is 16.8. The number of sulfonamides is 1. The van der Waals surface area contributed by atoms with Crippen LogP contribution in [0.2, 0.25) is 0 Å². The summed E-state index contributed by atoms with van der Waals surface area (Å²) in [5.74, 6) is 0.442. The first-order chi connectivity index (χ1) is 16.3. The lowest BCUT2D eigenvalue weighted by Crippen LogP contribution is -2.16. The molecule has 4 rings (SSSR count). The molecule has 0 aliphatic heterocycles. The van der Waals surface area contributed by atoms with Gasteiger partial charge in [0.2, 0.25) is 0 Å². The van der Waals surface area contributed by atoms with Crippen LogP contribution in [0, 0.1) is 5.82 Å². The molecule has 0 saturated heterocycles. The first kappa shape index (κ1) is 23.0. The largest absolute Gasteiger partial charge is 0.486 e. The van der Waals surface area contributed by atoms with Crippen LogP contribution in [-0.2, 0) is 23.7 Å². The Kier molecular flexibility index (Phi) is 6.60. The molecule has 34 heavy (non-hydrogen) atoms. The minimum atomic E-state index is -3.96. The van der Waals surface area contributed by atoms with E-state index in [0.29, 0.717) is 18.0 Å². The van der Waals surface area contributed by atoms with Crippen LogP contribution >= 0.6 is 0 Å². The van der Waals surface area contributed by atoms with Crippen LogP contribution in [0.5, 0.6) is 5.75 Å². The molecule has 0 saturated carbocycles. The van der Waals surface area contributed by atoms with E-state index in [2.05, 4.69) is 15.0 Å². The average molecular weight is 481 g/mol. The van der Waals surface area contributed by atoms with E-state index in [1.165, 1.54) is 36.4 Å². The van der Waals surface area contributed by atoms with Crippen molar-refractivity contribution in [2.45, 2.75) is 11.5 Å². The Hall–Kier alpha value is -4.18. The highest BCUT2D eigenvalue weighted by Crippen LogP contribution is 2.20. The summed E-state index contributed by atoms with van der Waals surface area (Å²) >= 11 is 0. The number of rotatable bonds is 8. The molecule has 0 aliphatic carbocycles. The van der Waals surface area contributed by atoms with E-state index in [0.717, 1.165) is 18.0 Å². The molecule has 0 unspecified atom stereocenters. The van der Waals surface area contributed by atoms with Crippen molar-refractivity contribution < 1.29 is 22.3 Å². The number of hydrogen-bond donors (Lipinski definition) is 2. The van der Waals surface area contributed by atoms with Gasteiger partial charge in [-0.3, -0.25) is 9.52 Å². The molecule has 4 aromatic rings. The van der Waals surface area contributed by atoms with Gasteiger partial charge in [0.25, 0.3) is 15.9 Å². The van der Waals surface area contributed by atoms with Crippen molar-refractivity contribution in [2.75, 3.05) is 10.0 Å². The number of carbonyl (C=O) groups is 1. The molecular formula is C24H21FN4O4S. The van der Waals surface area contributed by atoms with Gasteiger partial charge in [-0.15, -0.1) is 0 Å². The van der Waals surface area contributed by atoms with Crippen LogP contribution in [0.25, 0.3) is 0 Å². The molecule has 1 aromatic heterocycles. The maximum absolute atomic E-state index is 13.1. The molecule has 1 heterocycles. The zero-order valence-electron chi connectivity index (χ0n) is 18.1. The normalized spacial score (nSPS) is 11.1. The Morgan fingerprint density at radius 3 is 2.41 bits per heavy atom. The van der Waals surface area contributed by atoms with E-state index in [1.807, 2.05) is 17.8 Å². The molecule has 10 heteroatoms. The Bertz CT molecular complexity index is 1400. The Morgan fingerprint density at radius 2 is 1.74 bits per heavy atom. The molecule has 0 fully saturated rings. The van der Waals surface area contributed by atoms with Crippen LogP contribution in [-0.4, -0.2) is 23.9 Å². The van der Waals surface area contributed by atoms with Crippen molar-refractivity contribution in [3.63, 3.8) is 0 Å². The number of amides is 1. The summed E-state index contributed by atoms with van der Waals surface area (Å²) in [7, 11) is -2.09. The number of aromatic nitrogens is 2. The number of ether oxygens (including phenoxy) is 1. The van der Waals surface area contributed by atoms with Crippen molar-refractivity contribution in [2.24, 2.45) is 7.05 Å². The number of nitrogens with one attached hydrogen (secondary N) is 2. The van der Waals surface area contributed by atoms with Crippen molar-refractivity contribution in [1.82, 2.24) is 9.55 Å². The van der Waals surface area contributed by atoms with Crippen molar-refractivity contribution in [3.8, 4) is 5.75 Å². The molecule has 2 N–H and O–H groups in total. The first-order valence-corrected chi connectivity index (χ1v) is 11.7. The average Bonchev–Trinajstić information content (AvgIpc) is 3.24. The zero-order valence-corrected chi connectivity index (χ0v) is 18.9. The van der Waals surface area contributed by atoms with Gasteiger partial charge in [-0.25, -0.2) is 17.8 Å². The van der Waals surface area contributed by atoms with E-state index < -0.39 is 21.7 Å². The maximum atomic E-state index is 13.1. The number of hydrogen-bond acceptors (Lipinski definition) is 5. The Balaban J connectivity index is 1.41. The van der Waals surface area contributed by atoms with Crippen molar-refractivity contribution in [3.05, 3.63) is 102 Å². The molecule has 0 atom stereocenters. The third kappa shape index (κ3) is 5.59. The topological polar surface area (TPSA) is 102 Å². The highest BCUT2D eigenvalue weighted by molar-refractivity contribution is 7.92. The Labute approximate surface area is 196 Å². The van der Waals surface area contributed by atoms with Gasteiger partial charge in [0.05, 0.1) is 4.90 Å². The molecule has 0 bridgehead atoms. The Morgan fingerprint density at radius 1 is 1.03 bits per heavy atom. The quantitative estimate of drug-likeness (QED) is 0.394. The van der Waals surface area contributed by atoms with Crippen LogP contribution in [0.1, 0.15) is 16.2 Å². The van der Waals surface area contributed by atoms with Crippen molar-refractivity contribution in [1.29, 1.82) is 0 Å². The van der Waals surface area contributed by atoms with E-state index in [4.69, 9.17) is 4.74 Å². The van der Waals surface area contributed by atoms with E-state index in [9.17, 15) is 17.6 Å². The summed E-state index contributed by atoms with van der Waals surface area (Å²) in [6, 6.07) is 17.3. The second kappa shape index (κ2) is 9.75. The molecule has 3 aromatic carbocycles. The lowest BCUT2D eigenvalue weighted by Gasteiger charge is -2.11. The lowest BCUT2D eigenvalue weighted by molar-refractivity contribution is 0.102. The molecule has 0 aliphatic rings. The highest BCUT2D eigenvalue weighted by atomic mass is 32.2. The fraction of sp³-hybridized carbons (Fsp3) is 0.0833. The number of nitrogens with zero attached hydrogens (tertiary/aromatic N) is 2. The van der Waals surface area contributed by atoms with Crippen molar-refractivity contribution >= 4 is 27.3 Å². The summed E-state index contributed by atoms with van der Waals surface area (Å²) in [6.45, 7) is 0.308. The minimum absolute atomic E-state index is 0.0949. The number of carbonyl (C=O) groups excluding carboxylic acids is 1. The predicted molar refractivity (Wildman–Crippen MR) is 126 cm³/mol. The molecule has 1 amide bonds. The standard InChI is InChI=1S/C24H21FN4O4S/c1-29-14-13-26-23(29)16-33-21-11-9-19(10-12-21)27-24(30)17-3-2-4-22(15-17)34(31,32)28-20-7-5-18(25)6-8-20/h2-15,28H,16H2,1H3,(H,27,30). The molecule has 0 radical (unpaired) electrons. The highest BCUT2D eigenvalue weighted by Gasteiger charge is 2.17. The van der Waals surface area contributed by atoms with Gasteiger partial charge in [-0.2, -0.15) is 0 Å². The smallest absolute Gasteiger partial charge is 0.261 e. The van der Waals surface area contributed by atoms with Gasteiger partial charge in [0, 0.05) is 36.4 Å². The van der Waals surface area contributed by atoms with Crippen LogP contribution in [0.4, 0.5) is 15.8 Å². The SMILES string of the molecule is Cn1ccnc1COc1ccc(NC(=O)c2cccc(S(=O)(=O)Nc3ccc(F)cc3)c2)cc1. The maximum Gasteiger partial charge on any atom is 0.261 e. The molecule has 0 spiro atoms. The molecule has 174 valence electrons.